The minimum Gasteiger partial charge on any atom is -0.304 e. The third-order valence-corrected chi connectivity index (χ3v) is 3.77. The minimum absolute atomic E-state index is 0.394. The SMILES string of the molecule is CNS(=O)(=O)NCCCc1ncc2ccccn12. The molecule has 2 aromatic rings. The highest BCUT2D eigenvalue weighted by atomic mass is 32.2. The largest absolute Gasteiger partial charge is 0.304 e. The summed E-state index contributed by atoms with van der Waals surface area (Å²) in [5, 5.41) is 0. The summed E-state index contributed by atoms with van der Waals surface area (Å²) in [6, 6.07) is 5.89. The quantitative estimate of drug-likeness (QED) is 0.741. The Morgan fingerprint density at radius 1 is 1.39 bits per heavy atom. The molecule has 2 rings (SSSR count). The van der Waals surface area contributed by atoms with Gasteiger partial charge < -0.3 is 4.40 Å². The van der Waals surface area contributed by atoms with Gasteiger partial charge in [0.05, 0.1) is 11.7 Å². The fourth-order valence-electron chi connectivity index (χ4n) is 1.71. The van der Waals surface area contributed by atoms with E-state index in [4.69, 9.17) is 0 Å². The number of hydrogen-bond donors (Lipinski definition) is 2. The fourth-order valence-corrected chi connectivity index (χ4v) is 2.27. The Morgan fingerprint density at radius 2 is 2.22 bits per heavy atom. The topological polar surface area (TPSA) is 75.5 Å². The number of imidazole rings is 1. The number of pyridine rings is 1. The zero-order chi connectivity index (χ0) is 13.0. The maximum absolute atomic E-state index is 11.1. The van der Waals surface area contributed by atoms with Gasteiger partial charge in [0.15, 0.2) is 0 Å². The van der Waals surface area contributed by atoms with Crippen molar-refractivity contribution in [3.05, 3.63) is 36.4 Å². The van der Waals surface area contributed by atoms with E-state index in [0.29, 0.717) is 13.0 Å². The van der Waals surface area contributed by atoms with Gasteiger partial charge in [-0.1, -0.05) is 6.07 Å². The van der Waals surface area contributed by atoms with Crippen molar-refractivity contribution in [2.75, 3.05) is 13.6 Å². The molecule has 0 fully saturated rings. The first-order valence-corrected chi connectivity index (χ1v) is 7.20. The number of nitrogens with zero attached hydrogens (tertiary/aromatic N) is 2. The van der Waals surface area contributed by atoms with Crippen LogP contribution >= 0.6 is 0 Å². The van der Waals surface area contributed by atoms with Gasteiger partial charge in [0, 0.05) is 26.2 Å². The average molecular weight is 268 g/mol. The van der Waals surface area contributed by atoms with Crippen molar-refractivity contribution in [2.45, 2.75) is 12.8 Å². The van der Waals surface area contributed by atoms with Crippen LogP contribution in [0.2, 0.25) is 0 Å². The monoisotopic (exact) mass is 268 g/mol. The Bertz CT molecular complexity index is 621. The average Bonchev–Trinajstić information content (AvgIpc) is 2.78. The second kappa shape index (κ2) is 5.47. The van der Waals surface area contributed by atoms with Crippen molar-refractivity contribution in [3.63, 3.8) is 0 Å². The molecule has 0 saturated heterocycles. The Morgan fingerprint density at radius 3 is 3.00 bits per heavy atom. The molecule has 0 aliphatic carbocycles. The van der Waals surface area contributed by atoms with Gasteiger partial charge in [-0.3, -0.25) is 0 Å². The lowest BCUT2D eigenvalue weighted by Crippen LogP contribution is -2.34. The van der Waals surface area contributed by atoms with Crippen LogP contribution in [0.4, 0.5) is 0 Å². The number of fused-ring (bicyclic) bond motifs is 1. The van der Waals surface area contributed by atoms with Crippen molar-refractivity contribution in [1.29, 1.82) is 0 Å². The summed E-state index contributed by atoms with van der Waals surface area (Å²) in [5.74, 6) is 0.939. The molecule has 6 nitrogen and oxygen atoms in total. The maximum atomic E-state index is 11.1. The van der Waals surface area contributed by atoms with E-state index in [1.165, 1.54) is 7.05 Å². The Balaban J connectivity index is 1.91. The molecule has 0 spiro atoms. The van der Waals surface area contributed by atoms with Gasteiger partial charge >= 0.3 is 0 Å². The van der Waals surface area contributed by atoms with E-state index >= 15 is 0 Å². The third-order valence-electron chi connectivity index (χ3n) is 2.65. The van der Waals surface area contributed by atoms with Crippen molar-refractivity contribution >= 4 is 15.7 Å². The van der Waals surface area contributed by atoms with Crippen molar-refractivity contribution in [1.82, 2.24) is 18.8 Å². The smallest absolute Gasteiger partial charge is 0.276 e. The standard InChI is InChI=1S/C11H16N4O2S/c1-12-18(16,17)14-7-4-6-11-13-9-10-5-2-3-8-15(10)11/h2-3,5,8-9,12,14H,4,6-7H2,1H3. The molecule has 0 radical (unpaired) electrons. The zero-order valence-electron chi connectivity index (χ0n) is 10.1. The first-order chi connectivity index (χ1) is 8.62. The number of nitrogens with one attached hydrogen (secondary N) is 2. The van der Waals surface area contributed by atoms with E-state index in [1.54, 1.807) is 0 Å². The molecule has 2 heterocycles. The Hall–Kier alpha value is -1.44. The highest BCUT2D eigenvalue weighted by Crippen LogP contribution is 2.07. The first-order valence-electron chi connectivity index (χ1n) is 5.71. The zero-order valence-corrected chi connectivity index (χ0v) is 10.9. The molecule has 0 saturated carbocycles. The van der Waals surface area contributed by atoms with Crippen molar-refractivity contribution in [2.24, 2.45) is 0 Å². The summed E-state index contributed by atoms with van der Waals surface area (Å²) in [6.45, 7) is 0.394. The van der Waals surface area contributed by atoms with E-state index in [0.717, 1.165) is 17.8 Å². The van der Waals surface area contributed by atoms with E-state index in [2.05, 4.69) is 14.4 Å². The lowest BCUT2D eigenvalue weighted by Gasteiger charge is -2.04. The number of aromatic nitrogens is 2. The van der Waals surface area contributed by atoms with Crippen LogP contribution in [0.15, 0.2) is 30.6 Å². The van der Waals surface area contributed by atoms with Crippen LogP contribution in [0, 0.1) is 0 Å². The summed E-state index contributed by atoms with van der Waals surface area (Å²) in [6.07, 6.45) is 5.20. The van der Waals surface area contributed by atoms with Gasteiger partial charge in [0.2, 0.25) is 0 Å². The highest BCUT2D eigenvalue weighted by molar-refractivity contribution is 7.87. The summed E-state index contributed by atoms with van der Waals surface area (Å²) in [4.78, 5) is 4.32. The number of aryl methyl sites for hydroxylation is 1. The predicted octanol–water partition coefficient (Wildman–Crippen LogP) is 0.321. The molecular weight excluding hydrogens is 252 g/mol. The molecule has 0 aliphatic rings. The maximum Gasteiger partial charge on any atom is 0.276 e. The molecule has 18 heavy (non-hydrogen) atoms. The van der Waals surface area contributed by atoms with Gasteiger partial charge in [-0.25, -0.2) is 14.4 Å². The van der Waals surface area contributed by atoms with E-state index < -0.39 is 10.2 Å². The molecule has 0 unspecified atom stereocenters. The van der Waals surface area contributed by atoms with Gasteiger partial charge in [0.1, 0.15) is 5.82 Å². The molecule has 2 N–H and O–H groups in total. The Labute approximate surface area is 106 Å². The molecule has 0 aliphatic heterocycles. The Kier molecular flexibility index (Phi) is 3.95. The summed E-state index contributed by atoms with van der Waals surface area (Å²) >= 11 is 0. The number of rotatable bonds is 6. The van der Waals surface area contributed by atoms with E-state index in [1.807, 2.05) is 35.0 Å². The van der Waals surface area contributed by atoms with Gasteiger partial charge in [-0.15, -0.1) is 0 Å². The van der Waals surface area contributed by atoms with Crippen LogP contribution in [-0.2, 0) is 16.6 Å². The van der Waals surface area contributed by atoms with Crippen LogP contribution in [0.1, 0.15) is 12.2 Å². The van der Waals surface area contributed by atoms with Crippen LogP contribution in [0.25, 0.3) is 5.52 Å². The molecule has 0 bridgehead atoms. The van der Waals surface area contributed by atoms with E-state index in [-0.39, 0.29) is 0 Å². The van der Waals surface area contributed by atoms with Crippen LogP contribution in [0.5, 0.6) is 0 Å². The summed E-state index contributed by atoms with van der Waals surface area (Å²) in [7, 11) is -1.95. The van der Waals surface area contributed by atoms with Gasteiger partial charge in [0.25, 0.3) is 10.2 Å². The lowest BCUT2D eigenvalue weighted by atomic mass is 10.3. The molecule has 2 aromatic heterocycles. The molecule has 0 amide bonds. The molecule has 0 atom stereocenters. The van der Waals surface area contributed by atoms with E-state index in [9.17, 15) is 8.42 Å². The lowest BCUT2D eigenvalue weighted by molar-refractivity contribution is 0.570. The highest BCUT2D eigenvalue weighted by Gasteiger charge is 2.06. The summed E-state index contributed by atoms with van der Waals surface area (Å²) < 4.78 is 28.9. The first kappa shape index (κ1) is 13.0. The second-order valence-electron chi connectivity index (χ2n) is 3.88. The molecular formula is C11H16N4O2S. The molecule has 0 aromatic carbocycles. The van der Waals surface area contributed by atoms with Gasteiger partial charge in [-0.05, 0) is 18.6 Å². The third kappa shape index (κ3) is 3.06. The second-order valence-corrected chi connectivity index (χ2v) is 5.58. The fraction of sp³-hybridized carbons (Fsp3) is 0.364. The van der Waals surface area contributed by atoms with Crippen molar-refractivity contribution < 1.29 is 8.42 Å². The normalized spacial score (nSPS) is 12.1. The van der Waals surface area contributed by atoms with Crippen LogP contribution in [-0.4, -0.2) is 31.4 Å². The molecule has 7 heteroatoms. The number of hydrogen-bond acceptors (Lipinski definition) is 3. The van der Waals surface area contributed by atoms with Crippen LogP contribution < -0.4 is 9.44 Å². The predicted molar refractivity (Wildman–Crippen MR) is 69.5 cm³/mol. The minimum atomic E-state index is -3.33. The van der Waals surface area contributed by atoms with Gasteiger partial charge in [-0.2, -0.15) is 8.42 Å². The van der Waals surface area contributed by atoms with Crippen molar-refractivity contribution in [3.8, 4) is 0 Å². The summed E-state index contributed by atoms with van der Waals surface area (Å²) in [5.41, 5.74) is 1.04. The van der Waals surface area contributed by atoms with Crippen LogP contribution in [0.3, 0.4) is 0 Å². The molecule has 98 valence electrons.